The lowest BCUT2D eigenvalue weighted by Gasteiger charge is -2.38. The number of nitrogens with zero attached hydrogens (tertiary/aromatic N) is 3. The van der Waals surface area contributed by atoms with Gasteiger partial charge >= 0.3 is 0 Å². The molecule has 3 rings (SSSR count). The van der Waals surface area contributed by atoms with E-state index < -0.39 is 0 Å². The summed E-state index contributed by atoms with van der Waals surface area (Å²) < 4.78 is 0. The number of hydrogen-bond donors (Lipinski definition) is 0. The van der Waals surface area contributed by atoms with E-state index >= 15 is 0 Å². The second-order valence-electron chi connectivity index (χ2n) is 5.00. The molecule has 0 radical (unpaired) electrons. The summed E-state index contributed by atoms with van der Waals surface area (Å²) in [6.45, 7) is 4.65. The van der Waals surface area contributed by atoms with Gasteiger partial charge in [0.1, 0.15) is 0 Å². The van der Waals surface area contributed by atoms with Gasteiger partial charge < -0.3 is 4.90 Å². The SMILES string of the molecule is O=C=Nc1ccc(N2CCN3CCCC3C2)cc1. The average molecular weight is 243 g/mol. The third-order valence-corrected chi connectivity index (χ3v) is 3.98. The van der Waals surface area contributed by atoms with Crippen LogP contribution in [0.25, 0.3) is 0 Å². The number of anilines is 1. The maximum atomic E-state index is 10.2. The average Bonchev–Trinajstić information content (AvgIpc) is 2.87. The number of carbonyl (C=O) groups excluding carboxylic acids is 1. The van der Waals surface area contributed by atoms with Crippen LogP contribution in [0.2, 0.25) is 0 Å². The molecule has 2 aliphatic heterocycles. The van der Waals surface area contributed by atoms with Gasteiger partial charge in [-0.05, 0) is 43.7 Å². The van der Waals surface area contributed by atoms with Crippen molar-refractivity contribution in [2.45, 2.75) is 18.9 Å². The van der Waals surface area contributed by atoms with Crippen molar-refractivity contribution in [1.29, 1.82) is 0 Å². The van der Waals surface area contributed by atoms with Crippen molar-refractivity contribution in [3.8, 4) is 0 Å². The van der Waals surface area contributed by atoms with Gasteiger partial charge in [-0.15, -0.1) is 0 Å². The maximum absolute atomic E-state index is 10.2. The Labute approximate surface area is 107 Å². The third-order valence-electron chi connectivity index (χ3n) is 3.98. The van der Waals surface area contributed by atoms with Gasteiger partial charge in [0.15, 0.2) is 0 Å². The van der Waals surface area contributed by atoms with Gasteiger partial charge in [0.2, 0.25) is 6.08 Å². The van der Waals surface area contributed by atoms with E-state index in [0.29, 0.717) is 5.69 Å². The van der Waals surface area contributed by atoms with Gasteiger partial charge in [-0.3, -0.25) is 4.90 Å². The quantitative estimate of drug-likeness (QED) is 0.588. The highest BCUT2D eigenvalue weighted by Crippen LogP contribution is 2.26. The van der Waals surface area contributed by atoms with Crippen molar-refractivity contribution in [3.05, 3.63) is 24.3 Å². The topological polar surface area (TPSA) is 35.9 Å². The molecule has 0 saturated carbocycles. The Kier molecular flexibility index (Phi) is 3.13. The summed E-state index contributed by atoms with van der Waals surface area (Å²) in [5.41, 5.74) is 1.90. The molecular weight excluding hydrogens is 226 g/mol. The first-order valence-electron chi connectivity index (χ1n) is 6.54. The van der Waals surface area contributed by atoms with E-state index in [0.717, 1.165) is 19.1 Å². The number of fused-ring (bicyclic) bond motifs is 1. The summed E-state index contributed by atoms with van der Waals surface area (Å²) in [6.07, 6.45) is 4.23. The number of aliphatic imine (C=N–C) groups is 1. The summed E-state index contributed by atoms with van der Waals surface area (Å²) in [6, 6.07) is 8.57. The highest BCUT2D eigenvalue weighted by Gasteiger charge is 2.30. The predicted molar refractivity (Wildman–Crippen MR) is 71.0 cm³/mol. The second-order valence-corrected chi connectivity index (χ2v) is 5.00. The molecule has 0 amide bonds. The van der Waals surface area contributed by atoms with E-state index in [9.17, 15) is 4.79 Å². The summed E-state index contributed by atoms with van der Waals surface area (Å²) in [5.74, 6) is 0. The Morgan fingerprint density at radius 2 is 2.00 bits per heavy atom. The molecule has 4 nitrogen and oxygen atoms in total. The lowest BCUT2D eigenvalue weighted by Crippen LogP contribution is -2.50. The summed E-state index contributed by atoms with van der Waals surface area (Å²) in [5, 5.41) is 0. The van der Waals surface area contributed by atoms with Crippen LogP contribution in [-0.2, 0) is 4.79 Å². The zero-order chi connectivity index (χ0) is 12.4. The molecule has 2 aliphatic rings. The molecule has 2 fully saturated rings. The highest BCUT2D eigenvalue weighted by atomic mass is 16.1. The van der Waals surface area contributed by atoms with Crippen LogP contribution in [0.5, 0.6) is 0 Å². The molecule has 2 saturated heterocycles. The number of piperazine rings is 1. The molecule has 0 aliphatic carbocycles. The van der Waals surface area contributed by atoms with Crippen LogP contribution in [0.15, 0.2) is 29.3 Å². The minimum absolute atomic E-state index is 0.674. The van der Waals surface area contributed by atoms with Crippen molar-refractivity contribution in [2.75, 3.05) is 31.1 Å². The third kappa shape index (κ3) is 2.17. The fraction of sp³-hybridized carbons (Fsp3) is 0.500. The number of rotatable bonds is 2. The molecule has 1 aromatic rings. The zero-order valence-corrected chi connectivity index (χ0v) is 10.4. The Hall–Kier alpha value is -1.64. The van der Waals surface area contributed by atoms with Crippen molar-refractivity contribution in [3.63, 3.8) is 0 Å². The van der Waals surface area contributed by atoms with Gasteiger partial charge in [-0.2, -0.15) is 4.99 Å². The first-order chi connectivity index (χ1) is 8.86. The van der Waals surface area contributed by atoms with Crippen molar-refractivity contribution in [1.82, 2.24) is 4.90 Å². The molecule has 2 heterocycles. The first kappa shape index (κ1) is 11.5. The standard InChI is InChI=1S/C14H17N3O/c18-11-15-12-3-5-13(6-4-12)17-9-8-16-7-1-2-14(16)10-17/h3-6,14H,1-2,7-10H2. The van der Waals surface area contributed by atoms with Gasteiger partial charge in [-0.25, -0.2) is 4.79 Å². The van der Waals surface area contributed by atoms with E-state index in [4.69, 9.17) is 0 Å². The predicted octanol–water partition coefficient (Wildman–Crippen LogP) is 1.94. The molecular formula is C14H17N3O. The molecule has 0 spiro atoms. The normalized spacial score (nSPS) is 23.6. The van der Waals surface area contributed by atoms with Crippen LogP contribution in [0.1, 0.15) is 12.8 Å². The second kappa shape index (κ2) is 4.92. The summed E-state index contributed by atoms with van der Waals surface area (Å²) in [4.78, 5) is 18.8. The number of isocyanates is 1. The van der Waals surface area contributed by atoms with Gasteiger partial charge in [0, 0.05) is 31.4 Å². The molecule has 0 N–H and O–H groups in total. The Morgan fingerprint density at radius 1 is 1.17 bits per heavy atom. The molecule has 1 unspecified atom stereocenters. The van der Waals surface area contributed by atoms with Gasteiger partial charge in [-0.1, -0.05) is 0 Å². The van der Waals surface area contributed by atoms with Crippen LogP contribution in [0, 0.1) is 0 Å². The number of benzene rings is 1. The number of hydrogen-bond acceptors (Lipinski definition) is 4. The monoisotopic (exact) mass is 243 g/mol. The Morgan fingerprint density at radius 3 is 2.78 bits per heavy atom. The molecule has 0 aromatic heterocycles. The Bertz CT molecular complexity index is 464. The fourth-order valence-corrected chi connectivity index (χ4v) is 3.02. The first-order valence-corrected chi connectivity index (χ1v) is 6.54. The lowest BCUT2D eigenvalue weighted by molar-refractivity contribution is 0.231. The molecule has 0 bridgehead atoms. The van der Waals surface area contributed by atoms with Crippen LogP contribution in [-0.4, -0.2) is 43.2 Å². The van der Waals surface area contributed by atoms with Crippen LogP contribution >= 0.6 is 0 Å². The maximum Gasteiger partial charge on any atom is 0.240 e. The fourth-order valence-electron chi connectivity index (χ4n) is 3.02. The largest absolute Gasteiger partial charge is 0.369 e. The summed E-state index contributed by atoms with van der Waals surface area (Å²) in [7, 11) is 0. The van der Waals surface area contributed by atoms with E-state index in [1.165, 1.54) is 31.6 Å². The molecule has 1 aromatic carbocycles. The van der Waals surface area contributed by atoms with Crippen molar-refractivity contribution >= 4 is 17.5 Å². The molecule has 94 valence electrons. The van der Waals surface area contributed by atoms with Crippen LogP contribution in [0.4, 0.5) is 11.4 Å². The van der Waals surface area contributed by atoms with Crippen molar-refractivity contribution in [2.24, 2.45) is 4.99 Å². The van der Waals surface area contributed by atoms with Crippen LogP contribution in [0.3, 0.4) is 0 Å². The van der Waals surface area contributed by atoms with E-state index in [-0.39, 0.29) is 0 Å². The van der Waals surface area contributed by atoms with E-state index in [1.807, 2.05) is 24.3 Å². The van der Waals surface area contributed by atoms with E-state index in [1.54, 1.807) is 6.08 Å². The summed E-state index contributed by atoms with van der Waals surface area (Å²) >= 11 is 0. The molecule has 1 atom stereocenters. The lowest BCUT2D eigenvalue weighted by atomic mass is 10.1. The molecule has 4 heteroatoms. The van der Waals surface area contributed by atoms with Gasteiger partial charge in [0.05, 0.1) is 5.69 Å². The van der Waals surface area contributed by atoms with E-state index in [2.05, 4.69) is 14.8 Å². The van der Waals surface area contributed by atoms with Gasteiger partial charge in [0.25, 0.3) is 0 Å². The molecule has 18 heavy (non-hydrogen) atoms. The highest BCUT2D eigenvalue weighted by molar-refractivity contribution is 5.56. The Balaban J connectivity index is 1.72. The minimum atomic E-state index is 0.674. The van der Waals surface area contributed by atoms with Crippen LogP contribution < -0.4 is 4.90 Å². The zero-order valence-electron chi connectivity index (χ0n) is 10.4. The van der Waals surface area contributed by atoms with Crippen molar-refractivity contribution < 1.29 is 4.79 Å². The minimum Gasteiger partial charge on any atom is -0.369 e. The smallest absolute Gasteiger partial charge is 0.240 e.